The number of non-ortho nitro benzene ring substituents is 1. The fraction of sp³-hybridized carbons (Fsp3) is 0.0333. The Bertz CT molecular complexity index is 1810. The number of nitro groups is 1. The number of methoxy groups -OCH3 is 1. The molecule has 10 nitrogen and oxygen atoms in total. The Morgan fingerprint density at radius 2 is 1.71 bits per heavy atom. The summed E-state index contributed by atoms with van der Waals surface area (Å²) in [5, 5.41) is 16.3. The van der Waals surface area contributed by atoms with Gasteiger partial charge in [0.25, 0.3) is 11.6 Å². The van der Waals surface area contributed by atoms with E-state index in [4.69, 9.17) is 21.1 Å². The van der Waals surface area contributed by atoms with Gasteiger partial charge >= 0.3 is 5.97 Å². The van der Waals surface area contributed by atoms with Crippen LogP contribution in [0.5, 0.6) is 11.5 Å². The first-order valence-corrected chi connectivity index (χ1v) is 12.6. The Hall–Kier alpha value is -5.48. The summed E-state index contributed by atoms with van der Waals surface area (Å²) in [6, 6.07) is 24.6. The number of nitrogens with one attached hydrogen (secondary N) is 2. The number of esters is 1. The second-order valence-electron chi connectivity index (χ2n) is 8.70. The SMILES string of the molecule is COc1cc(C=NNC(=O)c2[nH]c3ccccc3c2-c2ccccc2Cl)ccc1OC(=O)c1ccc([N+](=O)[O-])cc1. The van der Waals surface area contributed by atoms with Gasteiger partial charge in [-0.2, -0.15) is 5.10 Å². The molecule has 0 bridgehead atoms. The molecule has 0 saturated heterocycles. The van der Waals surface area contributed by atoms with E-state index in [0.29, 0.717) is 27.4 Å². The standard InChI is InChI=1S/C30H21ClN4O6/c1-40-26-16-18(10-15-25(26)41-30(37)19-11-13-20(14-12-19)35(38)39)17-32-34-29(36)28-27(21-6-2-4-8-23(21)31)22-7-3-5-9-24(22)33-28/h2-17,33H,1H3,(H,34,36). The summed E-state index contributed by atoms with van der Waals surface area (Å²) < 4.78 is 10.8. The maximum absolute atomic E-state index is 13.2. The maximum Gasteiger partial charge on any atom is 0.343 e. The van der Waals surface area contributed by atoms with Crippen LogP contribution in [0.2, 0.25) is 5.02 Å². The highest BCUT2D eigenvalue weighted by atomic mass is 35.5. The molecule has 1 heterocycles. The molecule has 2 N–H and O–H groups in total. The lowest BCUT2D eigenvalue weighted by Crippen LogP contribution is -2.19. The lowest BCUT2D eigenvalue weighted by Gasteiger charge is -2.10. The number of H-pyrrole nitrogens is 1. The molecule has 0 saturated carbocycles. The highest BCUT2D eigenvalue weighted by molar-refractivity contribution is 6.34. The number of carbonyl (C=O) groups excluding carboxylic acids is 2. The van der Waals surface area contributed by atoms with Crippen molar-refractivity contribution in [2.24, 2.45) is 5.10 Å². The summed E-state index contributed by atoms with van der Waals surface area (Å²) in [6.07, 6.45) is 1.42. The zero-order valence-electron chi connectivity index (χ0n) is 21.5. The normalized spacial score (nSPS) is 11.0. The number of carbonyl (C=O) groups is 2. The average molecular weight is 569 g/mol. The number of aromatic nitrogens is 1. The second kappa shape index (κ2) is 11.7. The third-order valence-corrected chi connectivity index (χ3v) is 6.49. The number of fused-ring (bicyclic) bond motifs is 1. The highest BCUT2D eigenvalue weighted by Crippen LogP contribution is 2.36. The van der Waals surface area contributed by atoms with Crippen LogP contribution in [0.3, 0.4) is 0 Å². The Labute approximate surface area is 238 Å². The van der Waals surface area contributed by atoms with Crippen molar-refractivity contribution in [1.29, 1.82) is 0 Å². The lowest BCUT2D eigenvalue weighted by atomic mass is 10.0. The van der Waals surface area contributed by atoms with Crippen molar-refractivity contribution in [1.82, 2.24) is 10.4 Å². The number of para-hydroxylation sites is 1. The number of hydrogen-bond acceptors (Lipinski definition) is 7. The Morgan fingerprint density at radius 3 is 2.44 bits per heavy atom. The van der Waals surface area contributed by atoms with Crippen molar-refractivity contribution in [3.05, 3.63) is 123 Å². The molecule has 1 aromatic heterocycles. The number of nitrogens with zero attached hydrogens (tertiary/aromatic N) is 2. The zero-order chi connectivity index (χ0) is 28.9. The van der Waals surface area contributed by atoms with Crippen molar-refractivity contribution in [2.75, 3.05) is 7.11 Å². The van der Waals surface area contributed by atoms with Crippen molar-refractivity contribution >= 4 is 46.3 Å². The molecule has 0 spiro atoms. The van der Waals surface area contributed by atoms with E-state index in [-0.39, 0.29) is 22.7 Å². The fourth-order valence-corrected chi connectivity index (χ4v) is 4.43. The van der Waals surface area contributed by atoms with Crippen molar-refractivity contribution in [3.8, 4) is 22.6 Å². The number of rotatable bonds is 8. The summed E-state index contributed by atoms with van der Waals surface area (Å²) in [4.78, 5) is 39.1. The predicted molar refractivity (Wildman–Crippen MR) is 155 cm³/mol. The van der Waals surface area contributed by atoms with Crippen LogP contribution in [-0.4, -0.2) is 35.1 Å². The summed E-state index contributed by atoms with van der Waals surface area (Å²) >= 11 is 6.46. The van der Waals surface area contributed by atoms with Crippen molar-refractivity contribution in [2.45, 2.75) is 0 Å². The lowest BCUT2D eigenvalue weighted by molar-refractivity contribution is -0.384. The van der Waals surface area contributed by atoms with E-state index in [1.54, 1.807) is 18.2 Å². The number of hydrogen-bond donors (Lipinski definition) is 2. The first-order chi connectivity index (χ1) is 19.9. The number of aromatic amines is 1. The van der Waals surface area contributed by atoms with E-state index < -0.39 is 16.8 Å². The number of halogens is 1. The van der Waals surface area contributed by atoms with Crippen LogP contribution >= 0.6 is 11.6 Å². The van der Waals surface area contributed by atoms with Gasteiger partial charge in [0.15, 0.2) is 11.5 Å². The van der Waals surface area contributed by atoms with Crippen LogP contribution in [0, 0.1) is 10.1 Å². The minimum atomic E-state index is -0.709. The quantitative estimate of drug-likeness (QED) is 0.0732. The number of ether oxygens (including phenoxy) is 2. The molecule has 11 heteroatoms. The summed E-state index contributed by atoms with van der Waals surface area (Å²) in [5.41, 5.74) is 5.56. The van der Waals surface area contributed by atoms with Crippen LogP contribution in [0.15, 0.2) is 96.1 Å². The van der Waals surface area contributed by atoms with Gasteiger partial charge in [-0.3, -0.25) is 14.9 Å². The minimum absolute atomic E-state index is 0.138. The predicted octanol–water partition coefficient (Wildman–Crippen LogP) is 6.39. The number of nitro benzene ring substituents is 1. The highest BCUT2D eigenvalue weighted by Gasteiger charge is 2.20. The van der Waals surface area contributed by atoms with Gasteiger partial charge in [0.05, 0.1) is 23.8 Å². The van der Waals surface area contributed by atoms with E-state index in [0.717, 1.165) is 10.9 Å². The molecule has 0 radical (unpaired) electrons. The van der Waals surface area contributed by atoms with Crippen molar-refractivity contribution in [3.63, 3.8) is 0 Å². The van der Waals surface area contributed by atoms with Gasteiger partial charge in [0.1, 0.15) is 5.69 Å². The zero-order valence-corrected chi connectivity index (χ0v) is 22.2. The number of hydrazone groups is 1. The molecule has 1 amide bonds. The molecule has 41 heavy (non-hydrogen) atoms. The molecular formula is C30H21ClN4O6. The molecule has 0 fully saturated rings. The van der Waals surface area contributed by atoms with Gasteiger partial charge in [-0.1, -0.05) is 48.0 Å². The van der Waals surface area contributed by atoms with E-state index in [9.17, 15) is 19.7 Å². The molecule has 0 aliphatic heterocycles. The second-order valence-corrected chi connectivity index (χ2v) is 9.11. The van der Waals surface area contributed by atoms with Crippen molar-refractivity contribution < 1.29 is 24.0 Å². The monoisotopic (exact) mass is 568 g/mol. The molecular weight excluding hydrogens is 548 g/mol. The van der Waals surface area contributed by atoms with E-state index in [2.05, 4.69) is 15.5 Å². The summed E-state index contributed by atoms with van der Waals surface area (Å²) in [7, 11) is 1.41. The number of benzene rings is 4. The Balaban J connectivity index is 1.33. The van der Waals surface area contributed by atoms with Gasteiger partial charge in [-0.15, -0.1) is 0 Å². The largest absolute Gasteiger partial charge is 0.493 e. The van der Waals surface area contributed by atoms with E-state index in [1.165, 1.54) is 43.7 Å². The molecule has 4 aromatic carbocycles. The Kier molecular flexibility index (Phi) is 7.75. The molecule has 0 unspecified atom stereocenters. The van der Waals surface area contributed by atoms with Crippen LogP contribution < -0.4 is 14.9 Å². The minimum Gasteiger partial charge on any atom is -0.493 e. The fourth-order valence-electron chi connectivity index (χ4n) is 4.20. The smallest absolute Gasteiger partial charge is 0.343 e. The van der Waals surface area contributed by atoms with Crippen LogP contribution in [0.1, 0.15) is 26.4 Å². The van der Waals surface area contributed by atoms with Gasteiger partial charge in [-0.25, -0.2) is 10.2 Å². The summed E-state index contributed by atoms with van der Waals surface area (Å²) in [6.45, 7) is 0. The molecule has 0 atom stereocenters. The van der Waals surface area contributed by atoms with Crippen LogP contribution in [0.4, 0.5) is 5.69 Å². The van der Waals surface area contributed by atoms with Gasteiger partial charge < -0.3 is 14.5 Å². The summed E-state index contributed by atoms with van der Waals surface area (Å²) in [5.74, 6) is -0.792. The van der Waals surface area contributed by atoms with Gasteiger partial charge in [0.2, 0.25) is 0 Å². The molecule has 5 aromatic rings. The maximum atomic E-state index is 13.2. The van der Waals surface area contributed by atoms with Crippen LogP contribution in [-0.2, 0) is 0 Å². The number of amides is 1. The Morgan fingerprint density at radius 1 is 0.976 bits per heavy atom. The molecule has 0 aliphatic carbocycles. The van der Waals surface area contributed by atoms with E-state index >= 15 is 0 Å². The molecule has 5 rings (SSSR count). The average Bonchev–Trinajstić information content (AvgIpc) is 3.37. The van der Waals surface area contributed by atoms with Gasteiger partial charge in [-0.05, 0) is 48.0 Å². The van der Waals surface area contributed by atoms with E-state index in [1.807, 2.05) is 42.5 Å². The van der Waals surface area contributed by atoms with Gasteiger partial charge in [0, 0.05) is 39.2 Å². The topological polar surface area (TPSA) is 136 Å². The third kappa shape index (κ3) is 5.77. The van der Waals surface area contributed by atoms with Crippen LogP contribution in [0.25, 0.3) is 22.0 Å². The molecule has 204 valence electrons. The first kappa shape index (κ1) is 27.1. The first-order valence-electron chi connectivity index (χ1n) is 12.2. The third-order valence-electron chi connectivity index (χ3n) is 6.16. The molecule has 0 aliphatic rings.